The Morgan fingerprint density at radius 3 is 2.60 bits per heavy atom. The van der Waals surface area contributed by atoms with Crippen LogP contribution < -0.4 is 0 Å². The minimum absolute atomic E-state index is 0.507. The molecule has 2 fully saturated rings. The number of rotatable bonds is 3. The van der Waals surface area contributed by atoms with Crippen LogP contribution in [-0.2, 0) is 0 Å². The SMILES string of the molecule is C=C1CCC2C(C)(C)CCCC2(C)C1CCC=C(C)C. The topological polar surface area (TPSA) is 0 Å². The predicted molar refractivity (Wildman–Crippen MR) is 89.8 cm³/mol. The monoisotopic (exact) mass is 274 g/mol. The molecule has 0 heteroatoms. The first-order chi connectivity index (χ1) is 9.27. The molecule has 0 spiro atoms. The van der Waals surface area contributed by atoms with Gasteiger partial charge in [0.15, 0.2) is 0 Å². The van der Waals surface area contributed by atoms with Crippen LogP contribution in [0.2, 0.25) is 0 Å². The van der Waals surface area contributed by atoms with Crippen LogP contribution in [0.4, 0.5) is 0 Å². The Balaban J connectivity index is 2.20. The first-order valence-corrected chi connectivity index (χ1v) is 8.58. The standard InChI is InChI=1S/C20H34/c1-15(2)9-7-10-17-16(3)11-12-18-19(4,5)13-8-14-20(17,18)6/h9,17-18H,3,7-8,10-14H2,1-2,4-6H3. The second-order valence-corrected chi connectivity index (χ2v) is 8.51. The van der Waals surface area contributed by atoms with Gasteiger partial charge in [-0.05, 0) is 75.0 Å². The van der Waals surface area contributed by atoms with Gasteiger partial charge < -0.3 is 0 Å². The van der Waals surface area contributed by atoms with Gasteiger partial charge in [-0.25, -0.2) is 0 Å². The molecule has 0 radical (unpaired) electrons. The molecule has 3 atom stereocenters. The molecule has 0 aliphatic heterocycles. The zero-order valence-corrected chi connectivity index (χ0v) is 14.4. The molecular formula is C20H34. The molecule has 0 aromatic carbocycles. The van der Waals surface area contributed by atoms with Gasteiger partial charge in [0.2, 0.25) is 0 Å². The van der Waals surface area contributed by atoms with Gasteiger partial charge in [0.1, 0.15) is 0 Å². The lowest BCUT2D eigenvalue weighted by Gasteiger charge is -2.58. The fourth-order valence-corrected chi connectivity index (χ4v) is 5.35. The zero-order chi connectivity index (χ0) is 15.0. The Bertz CT molecular complexity index is 394. The molecule has 0 amide bonds. The maximum absolute atomic E-state index is 4.46. The van der Waals surface area contributed by atoms with Crippen molar-refractivity contribution in [2.45, 2.75) is 79.6 Å². The van der Waals surface area contributed by atoms with Gasteiger partial charge in [0.25, 0.3) is 0 Å². The van der Waals surface area contributed by atoms with Crippen molar-refractivity contribution in [3.63, 3.8) is 0 Å². The molecule has 0 saturated heterocycles. The minimum Gasteiger partial charge on any atom is -0.0996 e. The van der Waals surface area contributed by atoms with Crippen LogP contribution >= 0.6 is 0 Å². The Kier molecular flexibility index (Phi) is 4.52. The number of allylic oxidation sites excluding steroid dienone is 3. The normalized spacial score (nSPS) is 36.4. The Labute approximate surface area is 126 Å². The Morgan fingerprint density at radius 2 is 1.95 bits per heavy atom. The third-order valence-electron chi connectivity index (χ3n) is 6.33. The number of fused-ring (bicyclic) bond motifs is 1. The molecule has 0 nitrogen and oxygen atoms in total. The molecule has 0 bridgehead atoms. The predicted octanol–water partition coefficient (Wildman–Crippen LogP) is 6.53. The van der Waals surface area contributed by atoms with E-state index in [1.165, 1.54) is 50.5 Å². The third-order valence-corrected chi connectivity index (χ3v) is 6.33. The summed E-state index contributed by atoms with van der Waals surface area (Å²) in [4.78, 5) is 0. The molecule has 2 saturated carbocycles. The Hall–Kier alpha value is -0.520. The van der Waals surface area contributed by atoms with Crippen LogP contribution in [0.25, 0.3) is 0 Å². The van der Waals surface area contributed by atoms with Gasteiger partial charge in [-0.15, -0.1) is 0 Å². The van der Waals surface area contributed by atoms with Crippen LogP contribution in [0.15, 0.2) is 23.8 Å². The van der Waals surface area contributed by atoms with Crippen LogP contribution in [0.3, 0.4) is 0 Å². The van der Waals surface area contributed by atoms with E-state index in [4.69, 9.17) is 0 Å². The Morgan fingerprint density at radius 1 is 1.25 bits per heavy atom. The number of hydrogen-bond donors (Lipinski definition) is 0. The van der Waals surface area contributed by atoms with E-state index in [0.29, 0.717) is 10.8 Å². The van der Waals surface area contributed by atoms with Gasteiger partial charge >= 0.3 is 0 Å². The summed E-state index contributed by atoms with van der Waals surface area (Å²) < 4.78 is 0. The molecule has 0 aromatic rings. The van der Waals surface area contributed by atoms with Gasteiger partial charge in [0, 0.05) is 0 Å². The highest BCUT2D eigenvalue weighted by Crippen LogP contribution is 2.61. The van der Waals surface area contributed by atoms with Crippen molar-refractivity contribution in [1.82, 2.24) is 0 Å². The smallest absolute Gasteiger partial charge is 0.0146 e. The molecule has 2 rings (SSSR count). The summed E-state index contributed by atoms with van der Waals surface area (Å²) in [6, 6.07) is 0. The fraction of sp³-hybridized carbons (Fsp3) is 0.800. The van der Waals surface area contributed by atoms with Gasteiger partial charge in [0.05, 0.1) is 0 Å². The van der Waals surface area contributed by atoms with Crippen molar-refractivity contribution in [3.05, 3.63) is 23.8 Å². The lowest BCUT2D eigenvalue weighted by molar-refractivity contribution is -0.0537. The molecule has 20 heavy (non-hydrogen) atoms. The van der Waals surface area contributed by atoms with Crippen molar-refractivity contribution in [1.29, 1.82) is 0 Å². The highest BCUT2D eigenvalue weighted by atomic mass is 14.6. The van der Waals surface area contributed by atoms with Crippen molar-refractivity contribution in [2.24, 2.45) is 22.7 Å². The third kappa shape index (κ3) is 2.90. The largest absolute Gasteiger partial charge is 0.0996 e. The van der Waals surface area contributed by atoms with Crippen molar-refractivity contribution >= 4 is 0 Å². The summed E-state index contributed by atoms with van der Waals surface area (Å²) in [7, 11) is 0. The molecule has 0 aromatic heterocycles. The summed E-state index contributed by atoms with van der Waals surface area (Å²) in [6.07, 6.45) is 11.8. The second-order valence-electron chi connectivity index (χ2n) is 8.51. The van der Waals surface area contributed by atoms with Crippen LogP contribution in [0.5, 0.6) is 0 Å². The summed E-state index contributed by atoms with van der Waals surface area (Å²) in [5.74, 6) is 1.64. The molecule has 3 unspecified atom stereocenters. The molecule has 0 N–H and O–H groups in total. The van der Waals surface area contributed by atoms with Gasteiger partial charge in [-0.2, -0.15) is 0 Å². The average Bonchev–Trinajstić information content (AvgIpc) is 2.31. The van der Waals surface area contributed by atoms with E-state index in [1.54, 1.807) is 5.57 Å². The highest BCUT2D eigenvalue weighted by molar-refractivity contribution is 5.16. The van der Waals surface area contributed by atoms with Crippen LogP contribution in [-0.4, -0.2) is 0 Å². The first kappa shape index (κ1) is 15.9. The van der Waals surface area contributed by atoms with E-state index in [2.05, 4.69) is 47.3 Å². The van der Waals surface area contributed by atoms with E-state index in [9.17, 15) is 0 Å². The summed E-state index contributed by atoms with van der Waals surface area (Å²) in [5.41, 5.74) is 4.04. The average molecular weight is 274 g/mol. The van der Waals surface area contributed by atoms with E-state index < -0.39 is 0 Å². The lowest BCUT2D eigenvalue weighted by Crippen LogP contribution is -2.49. The molecule has 2 aliphatic carbocycles. The zero-order valence-electron chi connectivity index (χ0n) is 14.4. The fourth-order valence-electron chi connectivity index (χ4n) is 5.35. The van der Waals surface area contributed by atoms with E-state index in [1.807, 2.05) is 0 Å². The number of hydrogen-bond acceptors (Lipinski definition) is 0. The minimum atomic E-state index is 0.507. The maximum Gasteiger partial charge on any atom is -0.0146 e. The summed E-state index contributed by atoms with van der Waals surface area (Å²) >= 11 is 0. The van der Waals surface area contributed by atoms with Gasteiger partial charge in [-0.3, -0.25) is 0 Å². The van der Waals surface area contributed by atoms with E-state index in [-0.39, 0.29) is 0 Å². The maximum atomic E-state index is 4.46. The molecular weight excluding hydrogens is 240 g/mol. The molecule has 114 valence electrons. The van der Waals surface area contributed by atoms with Gasteiger partial charge in [-0.1, -0.05) is 51.0 Å². The van der Waals surface area contributed by atoms with E-state index in [0.717, 1.165) is 11.8 Å². The van der Waals surface area contributed by atoms with Crippen molar-refractivity contribution < 1.29 is 0 Å². The van der Waals surface area contributed by atoms with Crippen LogP contribution in [0.1, 0.15) is 79.6 Å². The first-order valence-electron chi connectivity index (χ1n) is 8.58. The summed E-state index contributed by atoms with van der Waals surface area (Å²) in [5, 5.41) is 0. The second kappa shape index (κ2) is 5.70. The molecule has 2 aliphatic rings. The van der Waals surface area contributed by atoms with Crippen molar-refractivity contribution in [3.8, 4) is 0 Å². The molecule has 0 heterocycles. The lowest BCUT2D eigenvalue weighted by atomic mass is 9.47. The summed E-state index contributed by atoms with van der Waals surface area (Å²) in [6.45, 7) is 16.5. The van der Waals surface area contributed by atoms with E-state index >= 15 is 0 Å². The quantitative estimate of drug-likeness (QED) is 0.513. The highest BCUT2D eigenvalue weighted by Gasteiger charge is 2.52. The van der Waals surface area contributed by atoms with Crippen LogP contribution in [0, 0.1) is 22.7 Å². The van der Waals surface area contributed by atoms with Crippen molar-refractivity contribution in [2.75, 3.05) is 0 Å².